The van der Waals surface area contributed by atoms with E-state index in [4.69, 9.17) is 11.6 Å². The third kappa shape index (κ3) is 3.20. The normalized spacial score (nSPS) is 12.0. The van der Waals surface area contributed by atoms with Crippen LogP contribution in [0.4, 0.5) is 0 Å². The van der Waals surface area contributed by atoms with Crippen LogP contribution in [0.3, 0.4) is 0 Å². The third-order valence-corrected chi connectivity index (χ3v) is 4.21. The Labute approximate surface area is 101 Å². The van der Waals surface area contributed by atoms with Crippen LogP contribution in [-0.4, -0.2) is 29.8 Å². The van der Waals surface area contributed by atoms with Crippen molar-refractivity contribution >= 4 is 21.6 Å². The van der Waals surface area contributed by atoms with Crippen molar-refractivity contribution in [3.63, 3.8) is 0 Å². The molecule has 0 radical (unpaired) electrons. The Hall–Kier alpha value is -0.590. The molecule has 0 unspecified atom stereocenters. The van der Waals surface area contributed by atoms with E-state index in [1.54, 1.807) is 4.68 Å². The van der Waals surface area contributed by atoms with E-state index in [9.17, 15) is 8.42 Å². The Morgan fingerprint density at radius 2 is 2.06 bits per heavy atom. The third-order valence-electron chi connectivity index (χ3n) is 2.47. The van der Waals surface area contributed by atoms with Gasteiger partial charge in [-0.15, -0.1) is 11.6 Å². The van der Waals surface area contributed by atoms with Crippen LogP contribution in [0.15, 0.2) is 0 Å². The van der Waals surface area contributed by atoms with Crippen molar-refractivity contribution in [2.24, 2.45) is 7.05 Å². The highest BCUT2D eigenvalue weighted by molar-refractivity contribution is 7.89. The number of halogens is 1. The van der Waals surface area contributed by atoms with Gasteiger partial charge in [0.25, 0.3) is 0 Å². The SMILES string of the molecule is Cc1nn(C)c(C)c1CNS(=O)(=O)CCCl. The lowest BCUT2D eigenvalue weighted by Gasteiger charge is -2.05. The van der Waals surface area contributed by atoms with Crippen LogP contribution in [0, 0.1) is 13.8 Å². The first kappa shape index (κ1) is 13.5. The topological polar surface area (TPSA) is 64.0 Å². The minimum atomic E-state index is -3.27. The smallest absolute Gasteiger partial charge is 0.213 e. The van der Waals surface area contributed by atoms with Crippen molar-refractivity contribution in [1.82, 2.24) is 14.5 Å². The number of alkyl halides is 1. The monoisotopic (exact) mass is 265 g/mol. The van der Waals surface area contributed by atoms with Gasteiger partial charge in [-0.25, -0.2) is 13.1 Å². The Bertz CT molecular complexity index is 467. The maximum absolute atomic E-state index is 11.4. The standard InChI is InChI=1S/C9H16ClN3O2S/c1-7-9(8(2)13(3)12-7)6-11-16(14,15)5-4-10/h11H,4-6H2,1-3H3. The summed E-state index contributed by atoms with van der Waals surface area (Å²) in [4.78, 5) is 0. The predicted octanol–water partition coefficient (Wildman–Crippen LogP) is 0.695. The maximum Gasteiger partial charge on any atom is 0.213 e. The van der Waals surface area contributed by atoms with Gasteiger partial charge < -0.3 is 0 Å². The summed E-state index contributed by atoms with van der Waals surface area (Å²) in [7, 11) is -1.44. The molecule has 0 aliphatic rings. The molecule has 1 heterocycles. The van der Waals surface area contributed by atoms with Crippen molar-refractivity contribution < 1.29 is 8.42 Å². The zero-order chi connectivity index (χ0) is 12.3. The number of nitrogens with one attached hydrogen (secondary N) is 1. The molecule has 16 heavy (non-hydrogen) atoms. The van der Waals surface area contributed by atoms with Crippen molar-refractivity contribution in [1.29, 1.82) is 0 Å². The van der Waals surface area contributed by atoms with Gasteiger partial charge in [0, 0.05) is 30.7 Å². The maximum atomic E-state index is 11.4. The summed E-state index contributed by atoms with van der Waals surface area (Å²) in [5, 5.41) is 4.21. The van der Waals surface area contributed by atoms with E-state index < -0.39 is 10.0 Å². The average molecular weight is 266 g/mol. The molecule has 5 nitrogen and oxygen atoms in total. The molecule has 1 rings (SSSR count). The van der Waals surface area contributed by atoms with Crippen LogP contribution >= 0.6 is 11.6 Å². The number of nitrogens with zero attached hydrogens (tertiary/aromatic N) is 2. The van der Waals surface area contributed by atoms with E-state index in [2.05, 4.69) is 9.82 Å². The van der Waals surface area contributed by atoms with E-state index in [0.717, 1.165) is 17.0 Å². The largest absolute Gasteiger partial charge is 0.272 e. The fourth-order valence-electron chi connectivity index (χ4n) is 1.43. The molecular weight excluding hydrogens is 250 g/mol. The number of hydrogen-bond acceptors (Lipinski definition) is 3. The molecule has 0 aromatic carbocycles. The number of sulfonamides is 1. The number of aromatic nitrogens is 2. The van der Waals surface area contributed by atoms with Gasteiger partial charge in [-0.2, -0.15) is 5.10 Å². The summed E-state index contributed by atoms with van der Waals surface area (Å²) < 4.78 is 27.1. The molecule has 0 aliphatic heterocycles. The second-order valence-electron chi connectivity index (χ2n) is 3.60. The van der Waals surface area contributed by atoms with Gasteiger partial charge in [-0.3, -0.25) is 4.68 Å². The molecule has 0 saturated carbocycles. The van der Waals surface area contributed by atoms with Crippen LogP contribution in [0.25, 0.3) is 0 Å². The van der Waals surface area contributed by atoms with E-state index in [1.165, 1.54) is 0 Å². The highest BCUT2D eigenvalue weighted by Gasteiger charge is 2.13. The minimum Gasteiger partial charge on any atom is -0.272 e. The molecule has 0 atom stereocenters. The molecule has 1 N–H and O–H groups in total. The molecule has 0 aliphatic carbocycles. The first-order valence-electron chi connectivity index (χ1n) is 4.89. The first-order valence-corrected chi connectivity index (χ1v) is 7.08. The van der Waals surface area contributed by atoms with Gasteiger partial charge in [-0.05, 0) is 13.8 Å². The highest BCUT2D eigenvalue weighted by Crippen LogP contribution is 2.11. The van der Waals surface area contributed by atoms with E-state index in [-0.39, 0.29) is 18.2 Å². The van der Waals surface area contributed by atoms with Crippen LogP contribution in [0.1, 0.15) is 17.0 Å². The van der Waals surface area contributed by atoms with E-state index in [0.29, 0.717) is 0 Å². The van der Waals surface area contributed by atoms with E-state index in [1.807, 2.05) is 20.9 Å². The van der Waals surface area contributed by atoms with Crippen molar-refractivity contribution in [2.45, 2.75) is 20.4 Å². The molecular formula is C9H16ClN3O2S. The van der Waals surface area contributed by atoms with E-state index >= 15 is 0 Å². The summed E-state index contributed by atoms with van der Waals surface area (Å²) in [5.74, 6) is 0.0350. The quantitative estimate of drug-likeness (QED) is 0.797. The van der Waals surface area contributed by atoms with Crippen LogP contribution in [-0.2, 0) is 23.6 Å². The van der Waals surface area contributed by atoms with Gasteiger partial charge >= 0.3 is 0 Å². The van der Waals surface area contributed by atoms with Gasteiger partial charge in [0.2, 0.25) is 10.0 Å². The molecule has 1 aromatic rings. The van der Waals surface area contributed by atoms with Crippen LogP contribution in [0.5, 0.6) is 0 Å². The number of hydrogen-bond donors (Lipinski definition) is 1. The Morgan fingerprint density at radius 3 is 2.50 bits per heavy atom. The number of aryl methyl sites for hydroxylation is 2. The Morgan fingerprint density at radius 1 is 1.44 bits per heavy atom. The molecule has 92 valence electrons. The second-order valence-corrected chi connectivity index (χ2v) is 5.91. The highest BCUT2D eigenvalue weighted by atomic mass is 35.5. The molecule has 0 saturated heterocycles. The van der Waals surface area contributed by atoms with Gasteiger partial charge in [-0.1, -0.05) is 0 Å². The Kier molecular flexibility index (Phi) is 4.35. The fraction of sp³-hybridized carbons (Fsp3) is 0.667. The lowest BCUT2D eigenvalue weighted by molar-refractivity contribution is 0.582. The van der Waals surface area contributed by atoms with Crippen molar-refractivity contribution in [3.05, 3.63) is 17.0 Å². The van der Waals surface area contributed by atoms with Crippen LogP contribution < -0.4 is 4.72 Å². The first-order chi connectivity index (χ1) is 7.37. The zero-order valence-corrected chi connectivity index (χ0v) is 11.2. The average Bonchev–Trinajstić information content (AvgIpc) is 2.39. The minimum absolute atomic E-state index is 0.0626. The Balaban J connectivity index is 2.75. The second kappa shape index (κ2) is 5.16. The predicted molar refractivity (Wildman–Crippen MR) is 64.0 cm³/mol. The molecule has 0 amide bonds. The van der Waals surface area contributed by atoms with Gasteiger partial charge in [0.15, 0.2) is 0 Å². The fourth-order valence-corrected chi connectivity index (χ4v) is 2.75. The van der Waals surface area contributed by atoms with Crippen LogP contribution in [0.2, 0.25) is 0 Å². The molecule has 0 bridgehead atoms. The summed E-state index contributed by atoms with van der Waals surface area (Å²) in [6.45, 7) is 4.04. The summed E-state index contributed by atoms with van der Waals surface area (Å²) in [6, 6.07) is 0. The van der Waals surface area contributed by atoms with Gasteiger partial charge in [0.05, 0.1) is 11.4 Å². The summed E-state index contributed by atoms with van der Waals surface area (Å²) in [6.07, 6.45) is 0. The lowest BCUT2D eigenvalue weighted by atomic mass is 10.2. The summed E-state index contributed by atoms with van der Waals surface area (Å²) >= 11 is 5.40. The summed E-state index contributed by atoms with van der Waals surface area (Å²) in [5.41, 5.74) is 2.72. The molecule has 0 fully saturated rings. The van der Waals surface area contributed by atoms with Gasteiger partial charge in [0.1, 0.15) is 0 Å². The van der Waals surface area contributed by atoms with Crippen molar-refractivity contribution in [2.75, 3.05) is 11.6 Å². The molecule has 7 heteroatoms. The lowest BCUT2D eigenvalue weighted by Crippen LogP contribution is -2.27. The number of rotatable bonds is 5. The van der Waals surface area contributed by atoms with Crippen molar-refractivity contribution in [3.8, 4) is 0 Å². The molecule has 0 spiro atoms. The molecule has 1 aromatic heterocycles. The zero-order valence-electron chi connectivity index (χ0n) is 9.62.